The average molecular weight is 457 g/mol. The van der Waals surface area contributed by atoms with Crippen LogP contribution in [-0.2, 0) is 0 Å². The molecule has 0 radical (unpaired) electrons. The Labute approximate surface area is 208 Å². The molecule has 9 atom stereocenters. The van der Waals surface area contributed by atoms with E-state index in [0.29, 0.717) is 10.8 Å². The Hall–Kier alpha value is 0. The quantitative estimate of drug-likeness (QED) is 0.287. The largest absolute Gasteiger partial charge is 0.0654 e. The second-order valence-corrected chi connectivity index (χ2v) is 14.7. The molecule has 33 heavy (non-hydrogen) atoms. The summed E-state index contributed by atoms with van der Waals surface area (Å²) in [7, 11) is 0. The van der Waals surface area contributed by atoms with Gasteiger partial charge in [0.05, 0.1) is 0 Å². The van der Waals surface area contributed by atoms with Crippen LogP contribution in [0.25, 0.3) is 0 Å². The summed E-state index contributed by atoms with van der Waals surface area (Å²) in [6.07, 6.45) is 25.8. The van der Waals surface area contributed by atoms with Crippen LogP contribution in [0.4, 0.5) is 0 Å². The molecule has 4 aliphatic carbocycles. The van der Waals surface area contributed by atoms with Crippen LogP contribution in [0.2, 0.25) is 0 Å². The molecule has 0 bridgehead atoms. The summed E-state index contributed by atoms with van der Waals surface area (Å²) in [6, 6.07) is 0. The summed E-state index contributed by atoms with van der Waals surface area (Å²) < 4.78 is 0. The van der Waals surface area contributed by atoms with Gasteiger partial charge in [0.25, 0.3) is 0 Å². The molecule has 0 saturated heterocycles. The lowest BCUT2D eigenvalue weighted by molar-refractivity contribution is -0.121. The third-order valence-electron chi connectivity index (χ3n) is 12.4. The van der Waals surface area contributed by atoms with Crippen LogP contribution in [0.1, 0.15) is 151 Å². The van der Waals surface area contributed by atoms with Crippen LogP contribution in [-0.4, -0.2) is 0 Å². The number of rotatable bonds is 10. The normalized spacial score (nSPS) is 43.7. The molecule has 192 valence electrons. The van der Waals surface area contributed by atoms with E-state index >= 15 is 0 Å². The van der Waals surface area contributed by atoms with Gasteiger partial charge in [-0.25, -0.2) is 0 Å². The number of fused-ring (bicyclic) bond motifs is 5. The molecule has 4 rings (SSSR count). The highest BCUT2D eigenvalue weighted by Gasteiger charge is 2.60. The van der Waals surface area contributed by atoms with Crippen LogP contribution in [0.5, 0.6) is 0 Å². The topological polar surface area (TPSA) is 0 Å². The Morgan fingerprint density at radius 2 is 1.48 bits per heavy atom. The lowest BCUT2D eigenvalue weighted by atomic mass is 9.44. The Kier molecular flexibility index (Phi) is 8.65. The molecule has 4 saturated carbocycles. The summed E-state index contributed by atoms with van der Waals surface area (Å²) in [5.41, 5.74) is 1.35. The molecule has 0 aliphatic heterocycles. The zero-order chi connectivity index (χ0) is 23.6. The Balaban J connectivity index is 1.36. The van der Waals surface area contributed by atoms with Crippen LogP contribution in [0, 0.1) is 58.2 Å². The third kappa shape index (κ3) is 5.26. The van der Waals surface area contributed by atoms with Crippen molar-refractivity contribution in [1.82, 2.24) is 0 Å². The molecule has 4 fully saturated rings. The van der Waals surface area contributed by atoms with Gasteiger partial charge in [-0.2, -0.15) is 0 Å². The summed E-state index contributed by atoms with van der Waals surface area (Å²) in [5.74, 6) is 8.14. The van der Waals surface area contributed by atoms with Crippen molar-refractivity contribution in [1.29, 1.82) is 0 Å². The molecule has 4 aliphatic rings. The van der Waals surface area contributed by atoms with E-state index in [2.05, 4.69) is 41.5 Å². The Bertz CT molecular complexity index is 605. The second kappa shape index (κ2) is 10.9. The molecule has 0 nitrogen and oxygen atoms in total. The van der Waals surface area contributed by atoms with Crippen molar-refractivity contribution in [3.63, 3.8) is 0 Å². The van der Waals surface area contributed by atoms with E-state index in [1.54, 1.807) is 57.8 Å². The standard InChI is InChI=1S/C33H60/c1-7-8-9-10-14-26-19-21-32(5)27(23-26)15-16-28-30-18-17-29(25(4)13-11-12-24(2)3)33(30,6)22-20-31(28)32/h24-31H,7-23H2,1-6H3/t25-,26+,27+,28-,29?,30+,31?,32?,33?/m1/s1. The van der Waals surface area contributed by atoms with E-state index in [1.807, 2.05) is 0 Å². The summed E-state index contributed by atoms with van der Waals surface area (Å²) in [6.45, 7) is 15.3. The number of unbranched alkanes of at least 4 members (excludes halogenated alkanes) is 3. The first-order chi connectivity index (χ1) is 15.8. The first-order valence-electron chi connectivity index (χ1n) is 15.8. The van der Waals surface area contributed by atoms with Gasteiger partial charge in [-0.15, -0.1) is 0 Å². The molecule has 4 unspecified atom stereocenters. The molecule has 0 heteroatoms. The molecule has 0 spiro atoms. The molecular formula is C33H60. The smallest absolute Gasteiger partial charge is 0.0264 e. The second-order valence-electron chi connectivity index (χ2n) is 14.7. The van der Waals surface area contributed by atoms with Gasteiger partial charge in [-0.05, 0) is 116 Å². The SMILES string of the molecule is CCCCCC[C@H]1CCC2(C)C3CCC4(C)C([C@H](C)CCCC(C)C)CC[C@H]4[C@H]3CC[C@H]2C1. The van der Waals surface area contributed by atoms with Crippen LogP contribution >= 0.6 is 0 Å². The van der Waals surface area contributed by atoms with Crippen LogP contribution in [0.15, 0.2) is 0 Å². The fourth-order valence-corrected chi connectivity index (χ4v) is 10.5. The predicted octanol–water partition coefficient (Wildman–Crippen LogP) is 10.7. The lowest BCUT2D eigenvalue weighted by Gasteiger charge is -2.61. The molecule has 0 aromatic rings. The molecule has 0 amide bonds. The van der Waals surface area contributed by atoms with Crippen LogP contribution < -0.4 is 0 Å². The van der Waals surface area contributed by atoms with Gasteiger partial charge >= 0.3 is 0 Å². The average Bonchev–Trinajstić information content (AvgIpc) is 3.14. The van der Waals surface area contributed by atoms with Crippen molar-refractivity contribution in [2.45, 2.75) is 151 Å². The highest BCUT2D eigenvalue weighted by Crippen LogP contribution is 2.68. The molecule has 0 aromatic heterocycles. The first kappa shape index (κ1) is 26.1. The monoisotopic (exact) mass is 456 g/mol. The highest BCUT2D eigenvalue weighted by atomic mass is 14.6. The maximum atomic E-state index is 2.78. The van der Waals surface area contributed by atoms with Crippen molar-refractivity contribution in [3.8, 4) is 0 Å². The van der Waals surface area contributed by atoms with Crippen molar-refractivity contribution in [2.75, 3.05) is 0 Å². The van der Waals surface area contributed by atoms with E-state index in [9.17, 15) is 0 Å². The maximum Gasteiger partial charge on any atom is -0.0264 e. The zero-order valence-corrected chi connectivity index (χ0v) is 23.6. The maximum absolute atomic E-state index is 2.78. The highest BCUT2D eigenvalue weighted by molar-refractivity contribution is 5.09. The van der Waals surface area contributed by atoms with Gasteiger partial charge in [0.15, 0.2) is 0 Å². The minimum atomic E-state index is 0.665. The first-order valence-corrected chi connectivity index (χ1v) is 15.8. The van der Waals surface area contributed by atoms with Crippen LogP contribution in [0.3, 0.4) is 0 Å². The minimum Gasteiger partial charge on any atom is -0.0654 e. The van der Waals surface area contributed by atoms with Gasteiger partial charge < -0.3 is 0 Å². The van der Waals surface area contributed by atoms with Gasteiger partial charge in [-0.3, -0.25) is 0 Å². The lowest BCUT2D eigenvalue weighted by Crippen LogP contribution is -2.53. The van der Waals surface area contributed by atoms with Crippen molar-refractivity contribution < 1.29 is 0 Å². The predicted molar refractivity (Wildman–Crippen MR) is 145 cm³/mol. The molecular weight excluding hydrogens is 396 g/mol. The van der Waals surface area contributed by atoms with Crippen molar-refractivity contribution in [2.24, 2.45) is 58.2 Å². The fraction of sp³-hybridized carbons (Fsp3) is 1.00. The molecule has 0 N–H and O–H groups in total. The summed E-state index contributed by atoms with van der Waals surface area (Å²) in [5, 5.41) is 0. The van der Waals surface area contributed by atoms with E-state index in [-0.39, 0.29) is 0 Å². The molecule has 0 aromatic carbocycles. The zero-order valence-electron chi connectivity index (χ0n) is 23.6. The number of hydrogen-bond donors (Lipinski definition) is 0. The Morgan fingerprint density at radius 1 is 0.727 bits per heavy atom. The van der Waals surface area contributed by atoms with Gasteiger partial charge in [-0.1, -0.05) is 92.9 Å². The van der Waals surface area contributed by atoms with E-state index in [4.69, 9.17) is 0 Å². The van der Waals surface area contributed by atoms with Gasteiger partial charge in [0, 0.05) is 0 Å². The van der Waals surface area contributed by atoms with E-state index < -0.39 is 0 Å². The van der Waals surface area contributed by atoms with Gasteiger partial charge in [0.1, 0.15) is 0 Å². The number of hydrogen-bond acceptors (Lipinski definition) is 0. The summed E-state index contributed by atoms with van der Waals surface area (Å²) >= 11 is 0. The van der Waals surface area contributed by atoms with E-state index in [0.717, 1.165) is 47.3 Å². The molecule has 0 heterocycles. The van der Waals surface area contributed by atoms with Gasteiger partial charge in [0.2, 0.25) is 0 Å². The minimum absolute atomic E-state index is 0.665. The van der Waals surface area contributed by atoms with E-state index in [1.165, 1.54) is 51.4 Å². The van der Waals surface area contributed by atoms with Crippen molar-refractivity contribution in [3.05, 3.63) is 0 Å². The fourth-order valence-electron chi connectivity index (χ4n) is 10.5. The third-order valence-corrected chi connectivity index (χ3v) is 12.4. The summed E-state index contributed by atoms with van der Waals surface area (Å²) in [4.78, 5) is 0. The van der Waals surface area contributed by atoms with Crippen molar-refractivity contribution >= 4 is 0 Å². The Morgan fingerprint density at radius 3 is 2.24 bits per heavy atom.